The van der Waals surface area contributed by atoms with Gasteiger partial charge in [-0.05, 0) is 13.8 Å². The summed E-state index contributed by atoms with van der Waals surface area (Å²) in [6.45, 7) is 2.88. The summed E-state index contributed by atoms with van der Waals surface area (Å²) < 4.78 is 0. The summed E-state index contributed by atoms with van der Waals surface area (Å²) in [4.78, 5) is 11.1. The quantitative estimate of drug-likeness (QED) is 0.423. The van der Waals surface area contributed by atoms with Gasteiger partial charge in [-0.2, -0.15) is 0 Å². The lowest BCUT2D eigenvalue weighted by atomic mass is 10.0. The van der Waals surface area contributed by atoms with Gasteiger partial charge in [-0.15, -0.1) is 0 Å². The van der Waals surface area contributed by atoms with Crippen molar-refractivity contribution in [3.05, 3.63) is 0 Å². The van der Waals surface area contributed by atoms with Gasteiger partial charge in [0.15, 0.2) is 0 Å². The molecular weight excluding hydrogens is 172 g/mol. The first-order chi connectivity index (χ1) is 5.99. The van der Waals surface area contributed by atoms with Gasteiger partial charge in [-0.25, -0.2) is 0 Å². The van der Waals surface area contributed by atoms with Crippen LogP contribution in [0, 0.1) is 0 Å². The molecule has 0 spiro atoms. The molecule has 0 aliphatic carbocycles. The Morgan fingerprint density at radius 3 is 2.23 bits per heavy atom. The Balaban J connectivity index is 4.16. The minimum atomic E-state index is -0.814. The molecule has 5 nitrogen and oxygen atoms in total. The second-order valence-corrected chi connectivity index (χ2v) is 3.36. The normalized spacial score (nSPS) is 13.9. The molecule has 0 saturated heterocycles. The summed E-state index contributed by atoms with van der Waals surface area (Å²) in [7, 11) is 1.54. The molecule has 13 heavy (non-hydrogen) atoms. The average molecular weight is 190 g/mol. The smallest absolute Gasteiger partial charge is 0.236 e. The highest BCUT2D eigenvalue weighted by molar-refractivity contribution is 5.81. The largest absolute Gasteiger partial charge is 0.394 e. The van der Waals surface area contributed by atoms with Crippen LogP contribution in [0.2, 0.25) is 0 Å². The van der Waals surface area contributed by atoms with Crippen LogP contribution in [-0.4, -0.2) is 48.0 Å². The van der Waals surface area contributed by atoms with Gasteiger partial charge in [-0.1, -0.05) is 0 Å². The van der Waals surface area contributed by atoms with E-state index in [1.165, 1.54) is 7.05 Å². The third kappa shape index (κ3) is 3.71. The van der Waals surface area contributed by atoms with Gasteiger partial charge >= 0.3 is 0 Å². The maximum absolute atomic E-state index is 11.1. The highest BCUT2D eigenvalue weighted by Crippen LogP contribution is 2.02. The molecule has 5 heteroatoms. The van der Waals surface area contributed by atoms with Crippen LogP contribution in [0.15, 0.2) is 0 Å². The molecule has 0 fully saturated rings. The first-order valence-corrected chi connectivity index (χ1v) is 4.20. The molecule has 0 aromatic rings. The van der Waals surface area contributed by atoms with Gasteiger partial charge < -0.3 is 15.5 Å². The monoisotopic (exact) mass is 190 g/mol. The van der Waals surface area contributed by atoms with Gasteiger partial charge in [0.2, 0.25) is 5.91 Å². The molecule has 0 aromatic carbocycles. The molecule has 0 bridgehead atoms. The van der Waals surface area contributed by atoms with Crippen LogP contribution in [0.1, 0.15) is 13.8 Å². The predicted octanol–water partition coefficient (Wildman–Crippen LogP) is -1.55. The van der Waals surface area contributed by atoms with Gasteiger partial charge in [0.05, 0.1) is 24.8 Å². The first kappa shape index (κ1) is 12.3. The summed E-state index contributed by atoms with van der Waals surface area (Å²) in [5.41, 5.74) is -0.814. The molecule has 4 N–H and O–H groups in total. The first-order valence-electron chi connectivity index (χ1n) is 4.20. The van der Waals surface area contributed by atoms with Crippen molar-refractivity contribution in [2.24, 2.45) is 0 Å². The van der Waals surface area contributed by atoms with Gasteiger partial charge in [0, 0.05) is 7.05 Å². The molecule has 0 saturated carbocycles. The fourth-order valence-corrected chi connectivity index (χ4v) is 0.946. The molecule has 0 aromatic heterocycles. The van der Waals surface area contributed by atoms with Crippen molar-refractivity contribution in [3.63, 3.8) is 0 Å². The number of carbonyl (C=O) groups is 1. The average Bonchev–Trinajstić information content (AvgIpc) is 2.16. The van der Waals surface area contributed by atoms with Crippen molar-refractivity contribution in [1.82, 2.24) is 10.6 Å². The number of likely N-dealkylation sites (N-methyl/N-ethyl adjacent to an activating group) is 1. The molecule has 78 valence electrons. The standard InChI is InChI=1S/C8H18N2O3/c1-6(7(13)9-3)10-8(2,4-11)5-12/h6,10-12H,4-5H2,1-3H3,(H,9,13). The Kier molecular flexibility index (Phi) is 4.90. The lowest BCUT2D eigenvalue weighted by Gasteiger charge is -2.29. The number of hydrogen-bond donors (Lipinski definition) is 4. The van der Waals surface area contributed by atoms with Gasteiger partial charge in [0.1, 0.15) is 0 Å². The van der Waals surface area contributed by atoms with E-state index in [1.807, 2.05) is 0 Å². The summed E-state index contributed by atoms with van der Waals surface area (Å²) in [6.07, 6.45) is 0. The zero-order chi connectivity index (χ0) is 10.5. The predicted molar refractivity (Wildman–Crippen MR) is 49.2 cm³/mol. The van der Waals surface area contributed by atoms with Gasteiger partial charge in [-0.3, -0.25) is 10.1 Å². The zero-order valence-electron chi connectivity index (χ0n) is 8.29. The second-order valence-electron chi connectivity index (χ2n) is 3.36. The van der Waals surface area contributed by atoms with Crippen LogP contribution in [0.3, 0.4) is 0 Å². The van der Waals surface area contributed by atoms with Crippen LogP contribution >= 0.6 is 0 Å². The minimum Gasteiger partial charge on any atom is -0.394 e. The Morgan fingerprint density at radius 1 is 1.46 bits per heavy atom. The molecular formula is C8H18N2O3. The van der Waals surface area contributed by atoms with E-state index in [0.717, 1.165) is 0 Å². The summed E-state index contributed by atoms with van der Waals surface area (Å²) in [5, 5.41) is 23.2. The third-order valence-electron chi connectivity index (χ3n) is 1.90. The molecule has 0 heterocycles. The zero-order valence-corrected chi connectivity index (χ0v) is 8.29. The summed E-state index contributed by atoms with van der Waals surface area (Å²) in [5.74, 6) is -0.173. The molecule has 1 amide bonds. The lowest BCUT2D eigenvalue weighted by Crippen LogP contribution is -2.56. The van der Waals surface area contributed by atoms with Crippen molar-refractivity contribution in [2.45, 2.75) is 25.4 Å². The number of aliphatic hydroxyl groups is 2. The molecule has 0 radical (unpaired) electrons. The Morgan fingerprint density at radius 2 is 1.92 bits per heavy atom. The Bertz CT molecular complexity index is 169. The fourth-order valence-electron chi connectivity index (χ4n) is 0.946. The highest BCUT2D eigenvalue weighted by Gasteiger charge is 2.26. The minimum absolute atomic E-state index is 0.173. The van der Waals surface area contributed by atoms with E-state index in [4.69, 9.17) is 10.2 Å². The van der Waals surface area contributed by atoms with E-state index < -0.39 is 11.6 Å². The second kappa shape index (κ2) is 5.16. The van der Waals surface area contributed by atoms with E-state index in [0.29, 0.717) is 0 Å². The van der Waals surface area contributed by atoms with Gasteiger partial charge in [0.25, 0.3) is 0 Å². The number of hydrogen-bond acceptors (Lipinski definition) is 4. The fraction of sp³-hybridized carbons (Fsp3) is 0.875. The molecule has 0 aliphatic heterocycles. The molecule has 1 atom stereocenters. The maximum atomic E-state index is 11.1. The van der Waals surface area contributed by atoms with E-state index >= 15 is 0 Å². The van der Waals surface area contributed by atoms with Crippen molar-refractivity contribution in [2.75, 3.05) is 20.3 Å². The van der Waals surface area contributed by atoms with Crippen molar-refractivity contribution in [1.29, 1.82) is 0 Å². The van der Waals surface area contributed by atoms with Crippen LogP contribution in [0.5, 0.6) is 0 Å². The van der Waals surface area contributed by atoms with Crippen LogP contribution in [0.25, 0.3) is 0 Å². The topological polar surface area (TPSA) is 81.6 Å². The van der Waals surface area contributed by atoms with E-state index in [9.17, 15) is 4.79 Å². The summed E-state index contributed by atoms with van der Waals surface area (Å²) >= 11 is 0. The van der Waals surface area contributed by atoms with Crippen molar-refractivity contribution >= 4 is 5.91 Å². The molecule has 0 aliphatic rings. The third-order valence-corrected chi connectivity index (χ3v) is 1.90. The maximum Gasteiger partial charge on any atom is 0.236 e. The SMILES string of the molecule is CNC(=O)C(C)NC(C)(CO)CO. The van der Waals surface area contributed by atoms with Crippen LogP contribution < -0.4 is 10.6 Å². The number of carbonyl (C=O) groups excluding carboxylic acids is 1. The summed E-state index contributed by atoms with van der Waals surface area (Å²) in [6, 6.07) is -0.436. The van der Waals surface area contributed by atoms with E-state index in [-0.39, 0.29) is 19.1 Å². The highest BCUT2D eigenvalue weighted by atomic mass is 16.3. The Hall–Kier alpha value is -0.650. The molecule has 0 rings (SSSR count). The van der Waals surface area contributed by atoms with Crippen molar-refractivity contribution < 1.29 is 15.0 Å². The number of amides is 1. The number of nitrogens with one attached hydrogen (secondary N) is 2. The van der Waals surface area contributed by atoms with Crippen molar-refractivity contribution in [3.8, 4) is 0 Å². The van der Waals surface area contributed by atoms with E-state index in [2.05, 4.69) is 10.6 Å². The number of rotatable bonds is 5. The molecule has 1 unspecified atom stereocenters. The van der Waals surface area contributed by atoms with E-state index in [1.54, 1.807) is 13.8 Å². The number of aliphatic hydroxyl groups excluding tert-OH is 2. The Labute approximate surface area is 78.1 Å². The lowest BCUT2D eigenvalue weighted by molar-refractivity contribution is -0.123. The van der Waals surface area contributed by atoms with Crippen LogP contribution in [-0.2, 0) is 4.79 Å². The van der Waals surface area contributed by atoms with Crippen LogP contribution in [0.4, 0.5) is 0 Å².